The van der Waals surface area contributed by atoms with E-state index in [9.17, 15) is 0 Å². The van der Waals surface area contributed by atoms with Gasteiger partial charge in [-0.25, -0.2) is 0 Å². The van der Waals surface area contributed by atoms with Gasteiger partial charge in [0, 0.05) is 48.2 Å². The molecule has 0 unspecified atom stereocenters. The summed E-state index contributed by atoms with van der Waals surface area (Å²) in [5.74, 6) is 0. The minimum Gasteiger partial charge on any atom is -0.378 e. The number of hydrogen-bond acceptors (Lipinski definition) is 4. The van der Waals surface area contributed by atoms with E-state index >= 15 is 0 Å². The summed E-state index contributed by atoms with van der Waals surface area (Å²) in [7, 11) is 0. The zero-order valence-corrected chi connectivity index (χ0v) is 20.1. The van der Waals surface area contributed by atoms with Gasteiger partial charge < -0.3 is 24.4 Å². The highest BCUT2D eigenvalue weighted by Gasteiger charge is 2.42. The highest BCUT2D eigenvalue weighted by Crippen LogP contribution is 2.42. The number of thiocarbonyl (C=S) groups is 1. The van der Waals surface area contributed by atoms with Crippen molar-refractivity contribution in [3.8, 4) is 5.69 Å². The molecule has 4 aromatic rings. The number of para-hydroxylation sites is 1. The van der Waals surface area contributed by atoms with Crippen LogP contribution in [-0.2, 0) is 4.74 Å². The number of rotatable bonds is 5. The third-order valence-electron chi connectivity index (χ3n) is 6.72. The molecule has 2 fully saturated rings. The maximum atomic E-state index is 5.92. The summed E-state index contributed by atoms with van der Waals surface area (Å²) >= 11 is 5.92. The third-order valence-corrected chi connectivity index (χ3v) is 7.03. The van der Waals surface area contributed by atoms with E-state index in [2.05, 4.69) is 97.6 Å². The summed E-state index contributed by atoms with van der Waals surface area (Å²) in [4.78, 5) is 9.28. The molecule has 176 valence electrons. The van der Waals surface area contributed by atoms with Gasteiger partial charge in [-0.15, -0.1) is 0 Å². The number of nitrogens with one attached hydrogen (secondary N) is 1. The van der Waals surface area contributed by atoms with Crippen LogP contribution in [0.4, 0.5) is 11.4 Å². The van der Waals surface area contributed by atoms with Crippen LogP contribution in [0, 0.1) is 0 Å². The molecule has 2 atom stereocenters. The summed E-state index contributed by atoms with van der Waals surface area (Å²) in [6.07, 6.45) is 3.95. The Kier molecular flexibility index (Phi) is 5.94. The minimum absolute atomic E-state index is 0.0677. The topological polar surface area (TPSA) is 45.6 Å². The molecule has 35 heavy (non-hydrogen) atoms. The van der Waals surface area contributed by atoms with Crippen molar-refractivity contribution in [1.29, 1.82) is 0 Å². The van der Waals surface area contributed by atoms with E-state index in [1.165, 1.54) is 5.69 Å². The quantitative estimate of drug-likeness (QED) is 0.410. The number of nitrogens with zero attached hydrogens (tertiary/aromatic N) is 4. The summed E-state index contributed by atoms with van der Waals surface area (Å²) in [5.41, 5.74) is 5.50. The van der Waals surface area contributed by atoms with E-state index in [1.807, 2.05) is 24.4 Å². The number of hydrogen-bond donors (Lipinski definition) is 1. The van der Waals surface area contributed by atoms with Crippen molar-refractivity contribution >= 4 is 28.7 Å². The molecular formula is C28H27N5OS. The lowest BCUT2D eigenvalue weighted by molar-refractivity contribution is 0.122. The fourth-order valence-electron chi connectivity index (χ4n) is 5.04. The molecule has 0 amide bonds. The molecule has 6 rings (SSSR count). The van der Waals surface area contributed by atoms with Gasteiger partial charge in [-0.3, -0.25) is 4.98 Å². The predicted molar refractivity (Wildman–Crippen MR) is 143 cm³/mol. The minimum atomic E-state index is -0.0833. The van der Waals surface area contributed by atoms with Gasteiger partial charge in [0.1, 0.15) is 6.04 Å². The van der Waals surface area contributed by atoms with Gasteiger partial charge in [0.2, 0.25) is 0 Å². The van der Waals surface area contributed by atoms with Gasteiger partial charge in [0.25, 0.3) is 0 Å². The molecule has 2 aromatic heterocycles. The second-order valence-corrected chi connectivity index (χ2v) is 9.14. The van der Waals surface area contributed by atoms with Gasteiger partial charge in [-0.1, -0.05) is 24.3 Å². The van der Waals surface area contributed by atoms with Crippen LogP contribution in [-0.4, -0.2) is 41.0 Å². The van der Waals surface area contributed by atoms with E-state index in [0.29, 0.717) is 5.11 Å². The summed E-state index contributed by atoms with van der Waals surface area (Å²) in [6.45, 7) is 3.37. The summed E-state index contributed by atoms with van der Waals surface area (Å²) in [6, 6.07) is 29.3. The SMILES string of the molecule is S=C1N[C@@H](c2ccccn2)[C@@H](c2cccn2-c2ccccc2)N1c1ccc(N2CCOCC2)cc1. The maximum absolute atomic E-state index is 5.92. The van der Waals surface area contributed by atoms with Gasteiger partial charge in [-0.2, -0.15) is 0 Å². The van der Waals surface area contributed by atoms with Crippen LogP contribution in [0.1, 0.15) is 23.5 Å². The van der Waals surface area contributed by atoms with Gasteiger partial charge in [-0.05, 0) is 72.9 Å². The first kappa shape index (κ1) is 21.8. The fourth-order valence-corrected chi connectivity index (χ4v) is 5.38. The normalized spacial score (nSPS) is 20.2. The van der Waals surface area contributed by atoms with Crippen LogP contribution in [0.2, 0.25) is 0 Å². The Balaban J connectivity index is 1.41. The Hall–Kier alpha value is -3.68. The molecule has 1 N–H and O–H groups in total. The van der Waals surface area contributed by atoms with E-state index in [0.717, 1.165) is 49.1 Å². The second kappa shape index (κ2) is 9.52. The highest BCUT2D eigenvalue weighted by atomic mass is 32.1. The van der Waals surface area contributed by atoms with E-state index in [4.69, 9.17) is 17.0 Å². The summed E-state index contributed by atoms with van der Waals surface area (Å²) in [5, 5.41) is 4.27. The molecule has 0 bridgehead atoms. The molecule has 2 aliphatic heterocycles. The summed E-state index contributed by atoms with van der Waals surface area (Å²) < 4.78 is 7.76. The fraction of sp³-hybridized carbons (Fsp3) is 0.214. The van der Waals surface area contributed by atoms with Gasteiger partial charge >= 0.3 is 0 Å². The standard InChI is InChI=1S/C28H27N5OS/c35-28-30-26(24-9-4-5-15-29-24)27(25-10-6-16-32(25)22-7-2-1-3-8-22)33(28)23-13-11-21(12-14-23)31-17-19-34-20-18-31/h1-16,26-27H,17-20H2,(H,30,35)/t26-,27+/m0/s1. The van der Waals surface area contributed by atoms with Crippen LogP contribution >= 0.6 is 12.2 Å². The van der Waals surface area contributed by atoms with E-state index in [-0.39, 0.29) is 12.1 Å². The molecular weight excluding hydrogens is 454 g/mol. The smallest absolute Gasteiger partial charge is 0.174 e. The Morgan fingerprint density at radius 1 is 0.800 bits per heavy atom. The molecule has 4 heterocycles. The molecule has 2 aliphatic rings. The molecule has 0 saturated carbocycles. The number of anilines is 2. The molecule has 2 saturated heterocycles. The van der Waals surface area contributed by atoms with Crippen molar-refractivity contribution in [2.45, 2.75) is 12.1 Å². The van der Waals surface area contributed by atoms with Gasteiger partial charge in [0.05, 0.1) is 24.9 Å². The van der Waals surface area contributed by atoms with E-state index in [1.54, 1.807) is 0 Å². The number of aromatic nitrogens is 2. The Labute approximate surface area is 210 Å². The van der Waals surface area contributed by atoms with E-state index < -0.39 is 0 Å². The molecule has 0 spiro atoms. The van der Waals surface area contributed by atoms with Crippen molar-refractivity contribution in [2.75, 3.05) is 36.1 Å². The van der Waals surface area contributed by atoms with Gasteiger partial charge in [0.15, 0.2) is 5.11 Å². The molecule has 7 heteroatoms. The van der Waals surface area contributed by atoms with Crippen molar-refractivity contribution < 1.29 is 4.74 Å². The molecule has 0 radical (unpaired) electrons. The predicted octanol–water partition coefficient (Wildman–Crippen LogP) is 4.89. The van der Waals surface area contributed by atoms with Crippen molar-refractivity contribution in [2.24, 2.45) is 0 Å². The second-order valence-electron chi connectivity index (χ2n) is 8.75. The zero-order chi connectivity index (χ0) is 23.6. The Bertz CT molecular complexity index is 1290. The van der Waals surface area contributed by atoms with Crippen LogP contribution in [0.3, 0.4) is 0 Å². The lowest BCUT2D eigenvalue weighted by Crippen LogP contribution is -2.36. The molecule has 2 aromatic carbocycles. The Morgan fingerprint density at radius 3 is 2.29 bits per heavy atom. The average molecular weight is 482 g/mol. The van der Waals surface area contributed by atoms with Crippen molar-refractivity contribution in [1.82, 2.24) is 14.9 Å². The largest absolute Gasteiger partial charge is 0.378 e. The number of morpholine rings is 1. The number of pyridine rings is 1. The lowest BCUT2D eigenvalue weighted by Gasteiger charge is -2.31. The first-order valence-corrected chi connectivity index (χ1v) is 12.4. The third kappa shape index (κ3) is 4.17. The van der Waals surface area contributed by atoms with Crippen LogP contribution in [0.25, 0.3) is 5.69 Å². The molecule has 6 nitrogen and oxygen atoms in total. The highest BCUT2D eigenvalue weighted by molar-refractivity contribution is 7.80. The first-order valence-electron chi connectivity index (χ1n) is 12.0. The maximum Gasteiger partial charge on any atom is 0.174 e. The first-order chi connectivity index (χ1) is 17.3. The van der Waals surface area contributed by atoms with Crippen LogP contribution in [0.5, 0.6) is 0 Å². The van der Waals surface area contributed by atoms with Crippen molar-refractivity contribution in [3.63, 3.8) is 0 Å². The Morgan fingerprint density at radius 2 is 1.54 bits per heavy atom. The monoisotopic (exact) mass is 481 g/mol. The zero-order valence-electron chi connectivity index (χ0n) is 19.3. The number of ether oxygens (including phenoxy) is 1. The molecule has 0 aliphatic carbocycles. The number of benzene rings is 2. The van der Waals surface area contributed by atoms with Crippen molar-refractivity contribution in [3.05, 3.63) is 109 Å². The average Bonchev–Trinajstić information content (AvgIpc) is 3.55. The van der Waals surface area contributed by atoms with Crippen LogP contribution < -0.4 is 15.1 Å². The lowest BCUT2D eigenvalue weighted by atomic mass is 10.0. The van der Waals surface area contributed by atoms with Crippen LogP contribution in [0.15, 0.2) is 97.3 Å².